The van der Waals surface area contributed by atoms with Gasteiger partial charge in [0.25, 0.3) is 0 Å². The second kappa shape index (κ2) is 10.1. The summed E-state index contributed by atoms with van der Waals surface area (Å²) in [5.41, 5.74) is 1.04. The molecular weight excluding hydrogens is 356 g/mol. The Balaban J connectivity index is 2.46. The zero-order valence-corrected chi connectivity index (χ0v) is 18.1. The van der Waals surface area contributed by atoms with Gasteiger partial charge in [-0.05, 0) is 25.0 Å². The van der Waals surface area contributed by atoms with Crippen LogP contribution in [-0.4, -0.2) is 39.9 Å². The van der Waals surface area contributed by atoms with Gasteiger partial charge in [0.1, 0.15) is 0 Å². The number of benzene rings is 2. The van der Waals surface area contributed by atoms with E-state index in [4.69, 9.17) is 0 Å². The molecule has 0 heterocycles. The monoisotopic (exact) mass is 390 g/mol. The second-order valence-electron chi connectivity index (χ2n) is 7.34. The molecule has 0 spiro atoms. The molecule has 0 aliphatic heterocycles. The van der Waals surface area contributed by atoms with Crippen molar-refractivity contribution in [1.29, 1.82) is 0 Å². The smallest absolute Gasteiger partial charge is 0.243 e. The highest BCUT2D eigenvalue weighted by Gasteiger charge is 2.26. The zero-order valence-electron chi connectivity index (χ0n) is 17.2. The van der Waals surface area contributed by atoms with Gasteiger partial charge in [-0.2, -0.15) is 4.31 Å². The molecule has 0 aliphatic rings. The number of hydrogen-bond donors (Lipinski definition) is 0. The molecule has 2 aromatic rings. The summed E-state index contributed by atoms with van der Waals surface area (Å²) in [6.45, 7) is 5.49. The minimum Gasteiger partial charge on any atom is -0.377 e. The summed E-state index contributed by atoms with van der Waals surface area (Å²) < 4.78 is 28.8. The van der Waals surface area contributed by atoms with Gasteiger partial charge >= 0.3 is 0 Å². The Hall–Kier alpha value is -1.59. The molecule has 0 atom stereocenters. The Morgan fingerprint density at radius 3 is 1.89 bits per heavy atom. The largest absolute Gasteiger partial charge is 0.377 e. The average Bonchev–Trinajstić information content (AvgIpc) is 2.65. The van der Waals surface area contributed by atoms with E-state index in [0.29, 0.717) is 18.0 Å². The summed E-state index contributed by atoms with van der Waals surface area (Å²) in [5.74, 6) is 0. The lowest BCUT2D eigenvalue weighted by Gasteiger charge is -2.24. The van der Waals surface area contributed by atoms with E-state index < -0.39 is 10.0 Å². The first-order valence-electron chi connectivity index (χ1n) is 10.1. The van der Waals surface area contributed by atoms with E-state index in [1.54, 1.807) is 10.4 Å². The van der Waals surface area contributed by atoms with Crippen molar-refractivity contribution in [2.24, 2.45) is 0 Å². The number of anilines is 1. The summed E-state index contributed by atoms with van der Waals surface area (Å²) in [6.07, 6.45) is 6.11. The number of fused-ring (bicyclic) bond motifs is 1. The molecule has 27 heavy (non-hydrogen) atoms. The molecule has 150 valence electrons. The van der Waals surface area contributed by atoms with E-state index in [0.717, 1.165) is 55.0 Å². The highest BCUT2D eigenvalue weighted by atomic mass is 32.2. The fraction of sp³-hybridized carbons (Fsp3) is 0.545. The fourth-order valence-corrected chi connectivity index (χ4v) is 5.17. The van der Waals surface area contributed by atoms with Crippen molar-refractivity contribution in [2.75, 3.05) is 32.1 Å². The summed E-state index contributed by atoms with van der Waals surface area (Å²) in [7, 11) is 0.452. The van der Waals surface area contributed by atoms with Crippen LogP contribution in [0.3, 0.4) is 0 Å². The van der Waals surface area contributed by atoms with E-state index in [2.05, 4.69) is 13.8 Å². The van der Waals surface area contributed by atoms with Gasteiger partial charge in [-0.25, -0.2) is 8.42 Å². The number of nitrogens with zero attached hydrogens (tertiary/aromatic N) is 2. The topological polar surface area (TPSA) is 40.6 Å². The maximum Gasteiger partial charge on any atom is 0.243 e. The Morgan fingerprint density at radius 2 is 1.33 bits per heavy atom. The molecule has 5 heteroatoms. The van der Waals surface area contributed by atoms with Gasteiger partial charge in [0.05, 0.1) is 4.90 Å². The molecule has 0 saturated heterocycles. The molecular formula is C22H34N2O2S. The molecule has 0 N–H and O–H groups in total. The standard InChI is InChI=1S/C22H34N2O2S/c1-5-7-9-17-24(18-10-8-6-2)27(25,26)22-16-12-13-19-20(22)14-11-15-21(19)23(3)4/h11-16H,5-10,17-18H2,1-4H3. The van der Waals surface area contributed by atoms with Gasteiger partial charge in [0.15, 0.2) is 0 Å². The number of sulfonamides is 1. The van der Waals surface area contributed by atoms with Crippen LogP contribution in [0.25, 0.3) is 10.8 Å². The quantitative estimate of drug-likeness (QED) is 0.490. The predicted octanol–water partition coefficient (Wildman–Crippen LogP) is 5.28. The van der Waals surface area contributed by atoms with Crippen molar-refractivity contribution in [3.05, 3.63) is 36.4 Å². The molecule has 0 aromatic heterocycles. The van der Waals surface area contributed by atoms with Gasteiger partial charge in [0.2, 0.25) is 10.0 Å². The molecule has 0 unspecified atom stereocenters. The minimum absolute atomic E-state index is 0.427. The third kappa shape index (κ3) is 5.23. The Bertz CT molecular complexity index is 821. The van der Waals surface area contributed by atoms with E-state index in [-0.39, 0.29) is 0 Å². The molecule has 0 radical (unpaired) electrons. The highest BCUT2D eigenvalue weighted by molar-refractivity contribution is 7.89. The van der Waals surface area contributed by atoms with Crippen molar-refractivity contribution in [3.8, 4) is 0 Å². The summed E-state index contributed by atoms with van der Waals surface area (Å²) in [6, 6.07) is 11.5. The summed E-state index contributed by atoms with van der Waals surface area (Å²) >= 11 is 0. The van der Waals surface area contributed by atoms with Crippen molar-refractivity contribution >= 4 is 26.5 Å². The molecule has 0 amide bonds. The molecule has 0 bridgehead atoms. The second-order valence-corrected chi connectivity index (χ2v) is 9.25. The van der Waals surface area contributed by atoms with Crippen molar-refractivity contribution < 1.29 is 8.42 Å². The van der Waals surface area contributed by atoms with Crippen LogP contribution in [0.2, 0.25) is 0 Å². The molecule has 2 aromatic carbocycles. The van der Waals surface area contributed by atoms with Gasteiger partial charge in [-0.15, -0.1) is 0 Å². The lowest BCUT2D eigenvalue weighted by molar-refractivity contribution is 0.389. The zero-order chi connectivity index (χ0) is 19.9. The lowest BCUT2D eigenvalue weighted by Crippen LogP contribution is -2.33. The summed E-state index contributed by atoms with van der Waals surface area (Å²) in [4.78, 5) is 2.45. The van der Waals surface area contributed by atoms with E-state index in [9.17, 15) is 8.42 Å². The highest BCUT2D eigenvalue weighted by Crippen LogP contribution is 2.31. The van der Waals surface area contributed by atoms with Crippen molar-refractivity contribution in [3.63, 3.8) is 0 Å². The fourth-order valence-electron chi connectivity index (χ4n) is 3.45. The van der Waals surface area contributed by atoms with E-state index in [1.165, 1.54) is 0 Å². The maximum absolute atomic E-state index is 13.5. The molecule has 2 rings (SSSR count). The van der Waals surface area contributed by atoms with Crippen LogP contribution in [0.5, 0.6) is 0 Å². The number of unbranched alkanes of at least 4 members (excludes halogenated alkanes) is 4. The first-order chi connectivity index (χ1) is 12.9. The van der Waals surface area contributed by atoms with Crippen molar-refractivity contribution in [1.82, 2.24) is 4.31 Å². The van der Waals surface area contributed by atoms with Crippen LogP contribution in [0.15, 0.2) is 41.3 Å². The van der Waals surface area contributed by atoms with E-state index in [1.807, 2.05) is 49.3 Å². The normalized spacial score (nSPS) is 12.0. The molecule has 0 fully saturated rings. The third-order valence-corrected chi connectivity index (χ3v) is 6.94. The van der Waals surface area contributed by atoms with Gasteiger partial charge < -0.3 is 4.90 Å². The van der Waals surface area contributed by atoms with Crippen LogP contribution < -0.4 is 4.90 Å². The predicted molar refractivity (Wildman–Crippen MR) is 116 cm³/mol. The van der Waals surface area contributed by atoms with Crippen LogP contribution in [0.1, 0.15) is 52.4 Å². The number of hydrogen-bond acceptors (Lipinski definition) is 3. The SMILES string of the molecule is CCCCCN(CCCCC)S(=O)(=O)c1cccc2c(N(C)C)cccc12. The van der Waals surface area contributed by atoms with Crippen LogP contribution in [-0.2, 0) is 10.0 Å². The lowest BCUT2D eigenvalue weighted by atomic mass is 10.1. The molecule has 0 aliphatic carbocycles. The Kier molecular flexibility index (Phi) is 8.11. The average molecular weight is 391 g/mol. The van der Waals surface area contributed by atoms with Crippen LogP contribution in [0.4, 0.5) is 5.69 Å². The van der Waals surface area contributed by atoms with Gasteiger partial charge in [-0.1, -0.05) is 63.8 Å². The third-order valence-electron chi connectivity index (χ3n) is 4.98. The first kappa shape index (κ1) is 21.7. The number of rotatable bonds is 11. The minimum atomic E-state index is -3.52. The van der Waals surface area contributed by atoms with Crippen LogP contribution in [0, 0.1) is 0 Å². The Labute approximate surface area is 165 Å². The van der Waals surface area contributed by atoms with E-state index >= 15 is 0 Å². The van der Waals surface area contributed by atoms with Crippen molar-refractivity contribution in [2.45, 2.75) is 57.3 Å². The van der Waals surface area contributed by atoms with Gasteiger partial charge in [-0.3, -0.25) is 0 Å². The summed E-state index contributed by atoms with van der Waals surface area (Å²) in [5, 5.41) is 1.78. The molecule has 0 saturated carbocycles. The Morgan fingerprint density at radius 1 is 0.778 bits per heavy atom. The van der Waals surface area contributed by atoms with Crippen LogP contribution >= 0.6 is 0 Å². The maximum atomic E-state index is 13.5. The van der Waals surface area contributed by atoms with Gasteiger partial charge in [0, 0.05) is 43.6 Å². The first-order valence-corrected chi connectivity index (χ1v) is 11.6. The molecule has 4 nitrogen and oxygen atoms in total.